The lowest BCUT2D eigenvalue weighted by Crippen LogP contribution is -2.54. The lowest BCUT2D eigenvalue weighted by Gasteiger charge is -2.33. The number of fused-ring (bicyclic) bond motifs is 2. The molecule has 0 bridgehead atoms. The Hall–Kier alpha value is -3.39. The van der Waals surface area contributed by atoms with E-state index in [-0.39, 0.29) is 12.1 Å². The number of nitrogens with one attached hydrogen (secondary N) is 2. The molecule has 4 rings (SSSR count). The van der Waals surface area contributed by atoms with E-state index in [0.29, 0.717) is 16.4 Å². The molecule has 1 aliphatic heterocycles. The molecule has 1 aromatic carbocycles. The van der Waals surface area contributed by atoms with E-state index < -0.39 is 30.4 Å². The van der Waals surface area contributed by atoms with Crippen LogP contribution in [0.3, 0.4) is 0 Å². The molecule has 0 radical (unpaired) electrons. The second-order valence-electron chi connectivity index (χ2n) is 6.45. The summed E-state index contributed by atoms with van der Waals surface area (Å²) in [4.78, 5) is 44.8. The quantitative estimate of drug-likeness (QED) is 0.581. The highest BCUT2D eigenvalue weighted by atomic mass is 35.5. The highest BCUT2D eigenvalue weighted by Gasteiger charge is 2.35. The third kappa shape index (κ3) is 3.29. The van der Waals surface area contributed by atoms with E-state index in [2.05, 4.69) is 15.3 Å². The van der Waals surface area contributed by atoms with Gasteiger partial charge in [-0.15, -0.1) is 0 Å². The van der Waals surface area contributed by atoms with Gasteiger partial charge in [-0.3, -0.25) is 19.3 Å². The Labute approximate surface area is 164 Å². The zero-order valence-corrected chi connectivity index (χ0v) is 15.2. The maximum atomic E-state index is 12.8. The molecule has 0 saturated heterocycles. The van der Waals surface area contributed by atoms with Crippen molar-refractivity contribution in [1.82, 2.24) is 15.3 Å². The van der Waals surface area contributed by atoms with Gasteiger partial charge in [0, 0.05) is 17.5 Å². The molecule has 2 amide bonds. The predicted molar refractivity (Wildman–Crippen MR) is 102 cm³/mol. The molecule has 2 aromatic heterocycles. The largest absolute Gasteiger partial charge is 0.480 e. The van der Waals surface area contributed by atoms with Crippen molar-refractivity contribution in [3.05, 3.63) is 59.0 Å². The summed E-state index contributed by atoms with van der Waals surface area (Å²) in [6.07, 6.45) is 1.80. The lowest BCUT2D eigenvalue weighted by atomic mass is 9.97. The number of carboxylic acid groups (broad SMARTS) is 1. The standard InChI is InChI=1S/C19H15ClN4O4/c20-16-7-11-6-12(22-14(11)8-21-16)18(27)23-13-5-10-3-1-2-4-15(10)24(19(13)28)9-17(25)26/h1-4,6-8,13,22H,5,9H2,(H,23,27)(H,25,26). The average molecular weight is 399 g/mol. The van der Waals surface area contributed by atoms with Gasteiger partial charge in [-0.2, -0.15) is 0 Å². The molecule has 0 spiro atoms. The van der Waals surface area contributed by atoms with Crippen LogP contribution in [0.1, 0.15) is 16.1 Å². The molecular formula is C19H15ClN4O4. The molecule has 3 aromatic rings. The minimum atomic E-state index is -1.13. The molecule has 3 N–H and O–H groups in total. The van der Waals surface area contributed by atoms with Crippen LogP contribution >= 0.6 is 11.6 Å². The number of carbonyl (C=O) groups excluding carboxylic acids is 2. The van der Waals surface area contributed by atoms with Gasteiger partial charge in [0.2, 0.25) is 5.91 Å². The number of para-hydroxylation sites is 1. The summed E-state index contributed by atoms with van der Waals surface area (Å²) in [6, 6.07) is 9.43. The Kier molecular flexibility index (Phi) is 4.48. The van der Waals surface area contributed by atoms with Gasteiger partial charge in [0.05, 0.1) is 11.7 Å². The first-order valence-corrected chi connectivity index (χ1v) is 8.86. The van der Waals surface area contributed by atoms with Crippen molar-refractivity contribution in [3.8, 4) is 0 Å². The van der Waals surface area contributed by atoms with E-state index in [1.54, 1.807) is 30.3 Å². The maximum Gasteiger partial charge on any atom is 0.323 e. The van der Waals surface area contributed by atoms with Crippen molar-refractivity contribution < 1.29 is 19.5 Å². The van der Waals surface area contributed by atoms with Gasteiger partial charge < -0.3 is 15.4 Å². The lowest BCUT2D eigenvalue weighted by molar-refractivity contribution is -0.137. The normalized spacial score (nSPS) is 16.1. The summed E-state index contributed by atoms with van der Waals surface area (Å²) < 4.78 is 0. The van der Waals surface area contributed by atoms with Crippen LogP contribution in [0.25, 0.3) is 10.9 Å². The Balaban J connectivity index is 1.60. The molecule has 0 saturated carbocycles. The molecule has 1 aliphatic rings. The first kappa shape index (κ1) is 18.0. The fraction of sp³-hybridized carbons (Fsp3) is 0.158. The molecule has 142 valence electrons. The molecule has 1 atom stereocenters. The first-order chi connectivity index (χ1) is 13.4. The Bertz CT molecular complexity index is 1110. The number of aromatic amines is 1. The Morgan fingerprint density at radius 3 is 2.89 bits per heavy atom. The van der Waals surface area contributed by atoms with Crippen LogP contribution in [0.5, 0.6) is 0 Å². The van der Waals surface area contributed by atoms with Crippen molar-refractivity contribution in [2.24, 2.45) is 0 Å². The van der Waals surface area contributed by atoms with Crippen LogP contribution in [-0.2, 0) is 16.0 Å². The first-order valence-electron chi connectivity index (χ1n) is 8.48. The number of hydrogen-bond donors (Lipinski definition) is 3. The topological polar surface area (TPSA) is 115 Å². The molecule has 9 heteroatoms. The van der Waals surface area contributed by atoms with E-state index >= 15 is 0 Å². The van der Waals surface area contributed by atoms with Gasteiger partial charge in [-0.05, 0) is 23.8 Å². The molecule has 3 heterocycles. The highest BCUT2D eigenvalue weighted by molar-refractivity contribution is 6.30. The summed E-state index contributed by atoms with van der Waals surface area (Å²) in [6.45, 7) is -0.473. The summed E-state index contributed by atoms with van der Waals surface area (Å²) in [7, 11) is 0. The number of benzene rings is 1. The summed E-state index contributed by atoms with van der Waals surface area (Å²) in [5, 5.41) is 12.9. The van der Waals surface area contributed by atoms with Crippen molar-refractivity contribution in [2.75, 3.05) is 11.4 Å². The van der Waals surface area contributed by atoms with Crippen LogP contribution in [0, 0.1) is 0 Å². The minimum absolute atomic E-state index is 0.260. The van der Waals surface area contributed by atoms with Crippen LogP contribution in [0.4, 0.5) is 5.69 Å². The van der Waals surface area contributed by atoms with E-state index in [9.17, 15) is 14.4 Å². The van der Waals surface area contributed by atoms with E-state index in [1.807, 2.05) is 6.07 Å². The summed E-state index contributed by atoms with van der Waals surface area (Å²) in [5.41, 5.74) is 2.24. The molecule has 1 unspecified atom stereocenters. The van der Waals surface area contributed by atoms with Crippen LogP contribution in [-0.4, -0.2) is 45.4 Å². The van der Waals surface area contributed by atoms with Crippen molar-refractivity contribution >= 4 is 46.0 Å². The average Bonchev–Trinajstić information content (AvgIpc) is 3.08. The second-order valence-corrected chi connectivity index (χ2v) is 6.84. The number of nitrogens with zero attached hydrogens (tertiary/aromatic N) is 2. The van der Waals surface area contributed by atoms with Gasteiger partial charge in [0.1, 0.15) is 23.4 Å². The smallest absolute Gasteiger partial charge is 0.323 e. The third-order valence-corrected chi connectivity index (χ3v) is 4.79. The van der Waals surface area contributed by atoms with E-state index in [4.69, 9.17) is 16.7 Å². The van der Waals surface area contributed by atoms with Crippen molar-refractivity contribution in [3.63, 3.8) is 0 Å². The van der Waals surface area contributed by atoms with Crippen LogP contribution < -0.4 is 10.2 Å². The minimum Gasteiger partial charge on any atom is -0.480 e. The Morgan fingerprint density at radius 2 is 2.11 bits per heavy atom. The van der Waals surface area contributed by atoms with Crippen molar-refractivity contribution in [2.45, 2.75) is 12.5 Å². The fourth-order valence-corrected chi connectivity index (χ4v) is 3.50. The Morgan fingerprint density at radius 1 is 1.32 bits per heavy atom. The van der Waals surface area contributed by atoms with Gasteiger partial charge in [0.15, 0.2) is 0 Å². The number of aliphatic carboxylic acids is 1. The summed E-state index contributed by atoms with van der Waals surface area (Å²) >= 11 is 5.86. The predicted octanol–water partition coefficient (Wildman–Crippen LogP) is 1.99. The number of H-pyrrole nitrogens is 1. The van der Waals surface area contributed by atoms with E-state index in [1.165, 1.54) is 11.1 Å². The number of amides is 2. The number of rotatable bonds is 4. The zero-order chi connectivity index (χ0) is 19.8. The van der Waals surface area contributed by atoms with Crippen molar-refractivity contribution in [1.29, 1.82) is 0 Å². The molecule has 0 fully saturated rings. The number of halogens is 1. The molecule has 28 heavy (non-hydrogen) atoms. The number of carboxylic acids is 1. The highest BCUT2D eigenvalue weighted by Crippen LogP contribution is 2.28. The van der Waals surface area contributed by atoms with Crippen LogP contribution in [0.15, 0.2) is 42.6 Å². The van der Waals surface area contributed by atoms with Gasteiger partial charge in [-0.25, -0.2) is 4.98 Å². The molecule has 0 aliphatic carbocycles. The fourth-order valence-electron chi connectivity index (χ4n) is 3.33. The van der Waals surface area contributed by atoms with Gasteiger partial charge >= 0.3 is 5.97 Å². The second kappa shape index (κ2) is 6.97. The van der Waals surface area contributed by atoms with E-state index in [0.717, 1.165) is 10.9 Å². The monoisotopic (exact) mass is 398 g/mol. The SMILES string of the molecule is O=C(O)CN1C(=O)C(NC(=O)c2cc3cc(Cl)ncc3[nH]2)Cc2ccccc21. The molecule has 8 nitrogen and oxygen atoms in total. The number of pyridine rings is 1. The number of aromatic nitrogens is 2. The van der Waals surface area contributed by atoms with Gasteiger partial charge in [-0.1, -0.05) is 29.8 Å². The maximum absolute atomic E-state index is 12.8. The van der Waals surface area contributed by atoms with Gasteiger partial charge in [0.25, 0.3) is 5.91 Å². The zero-order valence-electron chi connectivity index (χ0n) is 14.5. The molecular weight excluding hydrogens is 384 g/mol. The summed E-state index contributed by atoms with van der Waals surface area (Å²) in [5.74, 6) is -2.06. The number of anilines is 1. The number of carbonyl (C=O) groups is 3. The number of hydrogen-bond acceptors (Lipinski definition) is 4. The van der Waals surface area contributed by atoms with Crippen LogP contribution in [0.2, 0.25) is 5.15 Å². The third-order valence-electron chi connectivity index (χ3n) is 4.59.